The summed E-state index contributed by atoms with van der Waals surface area (Å²) in [5.74, 6) is 0.0341. The SMILES string of the molecule is CCC(C)OC(=O)C1=C(C)NC2=C(C(=O)CC(c3ccccc3)C2)C1c1cc2c(cc1Cl)OCO2. The molecule has 2 heterocycles. The summed E-state index contributed by atoms with van der Waals surface area (Å²) >= 11 is 6.73. The summed E-state index contributed by atoms with van der Waals surface area (Å²) in [7, 11) is 0. The summed E-state index contributed by atoms with van der Waals surface area (Å²) in [5, 5.41) is 3.79. The smallest absolute Gasteiger partial charge is 0.337 e. The van der Waals surface area contributed by atoms with Crippen LogP contribution in [-0.4, -0.2) is 24.6 Å². The van der Waals surface area contributed by atoms with Gasteiger partial charge in [0.1, 0.15) is 0 Å². The summed E-state index contributed by atoms with van der Waals surface area (Å²) in [6, 6.07) is 13.5. The standard InChI is InChI=1S/C28H28ClNO5/c1-4-15(2)35-28(32)25-16(3)30-21-10-18(17-8-6-5-7-9-17)11-22(31)27(21)26(25)19-12-23-24(13-20(19)29)34-14-33-23/h5-9,12-13,15,18,26,30H,4,10-11,14H2,1-3H3. The molecule has 5 rings (SSSR count). The van der Waals surface area contributed by atoms with Crippen LogP contribution >= 0.6 is 11.6 Å². The summed E-state index contributed by atoms with van der Waals surface area (Å²) in [5.41, 5.74) is 4.21. The van der Waals surface area contributed by atoms with Crippen molar-refractivity contribution in [1.29, 1.82) is 0 Å². The van der Waals surface area contributed by atoms with Gasteiger partial charge in [0.25, 0.3) is 0 Å². The zero-order valence-corrected chi connectivity index (χ0v) is 20.8. The van der Waals surface area contributed by atoms with E-state index in [4.69, 9.17) is 25.8 Å². The predicted octanol–water partition coefficient (Wildman–Crippen LogP) is 5.77. The molecule has 35 heavy (non-hydrogen) atoms. The van der Waals surface area contributed by atoms with Crippen molar-refractivity contribution in [1.82, 2.24) is 5.32 Å². The number of allylic oxidation sites excluding steroid dienone is 3. The third kappa shape index (κ3) is 4.31. The fourth-order valence-electron chi connectivity index (χ4n) is 5.07. The maximum atomic E-state index is 13.7. The van der Waals surface area contributed by atoms with E-state index in [2.05, 4.69) is 17.4 Å². The topological polar surface area (TPSA) is 73.9 Å². The molecule has 2 aromatic carbocycles. The van der Waals surface area contributed by atoms with E-state index in [-0.39, 0.29) is 24.6 Å². The van der Waals surface area contributed by atoms with Crippen LogP contribution < -0.4 is 14.8 Å². The minimum atomic E-state index is -0.658. The van der Waals surface area contributed by atoms with E-state index in [1.807, 2.05) is 39.0 Å². The maximum Gasteiger partial charge on any atom is 0.337 e. The molecule has 0 bridgehead atoms. The summed E-state index contributed by atoms with van der Waals surface area (Å²) in [6.45, 7) is 5.76. The average Bonchev–Trinajstić information content (AvgIpc) is 3.30. The largest absolute Gasteiger partial charge is 0.459 e. The van der Waals surface area contributed by atoms with E-state index < -0.39 is 11.9 Å². The van der Waals surface area contributed by atoms with E-state index in [1.165, 1.54) is 0 Å². The molecular weight excluding hydrogens is 466 g/mol. The van der Waals surface area contributed by atoms with E-state index >= 15 is 0 Å². The van der Waals surface area contributed by atoms with Gasteiger partial charge in [0.05, 0.1) is 11.7 Å². The number of Topliss-reactive ketones (excluding diaryl/α,β-unsaturated/α-hetero) is 1. The zero-order valence-electron chi connectivity index (χ0n) is 20.0. The van der Waals surface area contributed by atoms with E-state index in [0.29, 0.717) is 58.2 Å². The molecule has 0 saturated heterocycles. The molecule has 182 valence electrons. The minimum absolute atomic E-state index is 0.00678. The van der Waals surface area contributed by atoms with Crippen LogP contribution in [0.15, 0.2) is 65.0 Å². The number of benzene rings is 2. The molecule has 1 N–H and O–H groups in total. The molecule has 2 aromatic rings. The quantitative estimate of drug-likeness (QED) is 0.533. The molecule has 0 aromatic heterocycles. The molecule has 2 aliphatic heterocycles. The van der Waals surface area contributed by atoms with Crippen LogP contribution in [0.3, 0.4) is 0 Å². The predicted molar refractivity (Wildman–Crippen MR) is 132 cm³/mol. The van der Waals surface area contributed by atoms with Crippen LogP contribution in [0.1, 0.15) is 63.0 Å². The second-order valence-electron chi connectivity index (χ2n) is 9.28. The second kappa shape index (κ2) is 9.42. The Morgan fingerprint density at radius 3 is 2.60 bits per heavy atom. The third-order valence-electron chi connectivity index (χ3n) is 7.00. The molecule has 1 aliphatic carbocycles. The first-order chi connectivity index (χ1) is 16.9. The third-order valence-corrected chi connectivity index (χ3v) is 7.33. The summed E-state index contributed by atoms with van der Waals surface area (Å²) in [4.78, 5) is 27.1. The fourth-order valence-corrected chi connectivity index (χ4v) is 5.33. The first-order valence-electron chi connectivity index (χ1n) is 12.0. The summed E-state index contributed by atoms with van der Waals surface area (Å²) < 4.78 is 16.8. The van der Waals surface area contributed by atoms with E-state index in [1.54, 1.807) is 12.1 Å². The maximum absolute atomic E-state index is 13.7. The van der Waals surface area contributed by atoms with Crippen LogP contribution in [0.5, 0.6) is 11.5 Å². The highest BCUT2D eigenvalue weighted by atomic mass is 35.5. The monoisotopic (exact) mass is 493 g/mol. The highest BCUT2D eigenvalue weighted by Gasteiger charge is 2.43. The Hall–Kier alpha value is -3.25. The fraction of sp³-hybridized carbons (Fsp3) is 0.357. The van der Waals surface area contributed by atoms with Gasteiger partial charge in [0, 0.05) is 40.4 Å². The molecule has 0 spiro atoms. The van der Waals surface area contributed by atoms with Crippen LogP contribution in [0.25, 0.3) is 0 Å². The number of rotatable bonds is 5. The van der Waals surface area contributed by atoms with Gasteiger partial charge < -0.3 is 19.5 Å². The number of dihydropyridines is 1. The molecule has 0 radical (unpaired) electrons. The lowest BCUT2D eigenvalue weighted by atomic mass is 9.71. The van der Waals surface area contributed by atoms with Crippen molar-refractivity contribution in [2.24, 2.45) is 0 Å². The Morgan fingerprint density at radius 2 is 1.89 bits per heavy atom. The van der Waals surface area contributed by atoms with Crippen molar-refractivity contribution in [2.75, 3.05) is 6.79 Å². The first-order valence-corrected chi connectivity index (χ1v) is 12.3. The van der Waals surface area contributed by atoms with Gasteiger partial charge in [-0.05, 0) is 49.8 Å². The van der Waals surface area contributed by atoms with Crippen LogP contribution in [0, 0.1) is 0 Å². The number of ketones is 1. The van der Waals surface area contributed by atoms with Gasteiger partial charge in [-0.2, -0.15) is 0 Å². The molecule has 6 nitrogen and oxygen atoms in total. The molecule has 0 saturated carbocycles. The molecule has 3 atom stereocenters. The van der Waals surface area contributed by atoms with Crippen LogP contribution in [0.4, 0.5) is 0 Å². The first kappa shape index (κ1) is 23.5. The highest BCUT2D eigenvalue weighted by Crippen LogP contribution is 2.49. The lowest BCUT2D eigenvalue weighted by molar-refractivity contribution is -0.144. The number of carbonyl (C=O) groups is 2. The van der Waals surface area contributed by atoms with Crippen molar-refractivity contribution in [3.8, 4) is 11.5 Å². The van der Waals surface area contributed by atoms with Crippen molar-refractivity contribution in [3.63, 3.8) is 0 Å². The van der Waals surface area contributed by atoms with Gasteiger partial charge in [-0.1, -0.05) is 48.9 Å². The van der Waals surface area contributed by atoms with Crippen LogP contribution in [-0.2, 0) is 14.3 Å². The highest BCUT2D eigenvalue weighted by molar-refractivity contribution is 6.32. The summed E-state index contributed by atoms with van der Waals surface area (Å²) in [6.07, 6.45) is 1.45. The van der Waals surface area contributed by atoms with Gasteiger partial charge in [0.15, 0.2) is 17.3 Å². The number of fused-ring (bicyclic) bond motifs is 1. The van der Waals surface area contributed by atoms with Gasteiger partial charge in [-0.3, -0.25) is 4.79 Å². The van der Waals surface area contributed by atoms with Crippen molar-refractivity contribution in [2.45, 2.75) is 58.0 Å². The van der Waals surface area contributed by atoms with Crippen LogP contribution in [0.2, 0.25) is 5.02 Å². The Morgan fingerprint density at radius 1 is 1.17 bits per heavy atom. The minimum Gasteiger partial charge on any atom is -0.459 e. The average molecular weight is 494 g/mol. The number of nitrogens with one attached hydrogen (secondary N) is 1. The molecule has 3 aliphatic rings. The van der Waals surface area contributed by atoms with Crippen molar-refractivity contribution in [3.05, 3.63) is 81.2 Å². The molecule has 0 fully saturated rings. The second-order valence-corrected chi connectivity index (χ2v) is 9.69. The van der Waals surface area contributed by atoms with Gasteiger partial charge >= 0.3 is 5.97 Å². The Bertz CT molecular complexity index is 1250. The molecule has 3 unspecified atom stereocenters. The lowest BCUT2D eigenvalue weighted by Crippen LogP contribution is -2.36. The number of halogens is 1. The number of carbonyl (C=O) groups excluding carboxylic acids is 2. The van der Waals surface area contributed by atoms with E-state index in [0.717, 1.165) is 11.3 Å². The van der Waals surface area contributed by atoms with Gasteiger partial charge in [-0.25, -0.2) is 4.79 Å². The Kier molecular flexibility index (Phi) is 6.32. The number of hydrogen-bond donors (Lipinski definition) is 1. The molecule has 0 amide bonds. The Labute approximate surface area is 209 Å². The van der Waals surface area contributed by atoms with E-state index in [9.17, 15) is 9.59 Å². The Balaban J connectivity index is 1.62. The zero-order chi connectivity index (χ0) is 24.7. The van der Waals surface area contributed by atoms with Crippen molar-refractivity contribution < 1.29 is 23.8 Å². The number of esters is 1. The van der Waals surface area contributed by atoms with Crippen molar-refractivity contribution >= 4 is 23.4 Å². The number of hydrogen-bond acceptors (Lipinski definition) is 6. The normalized spacial score (nSPS) is 22.0. The molecule has 7 heteroatoms. The number of ether oxygens (including phenoxy) is 3. The lowest BCUT2D eigenvalue weighted by Gasteiger charge is -2.37. The van der Waals surface area contributed by atoms with Gasteiger partial charge in [-0.15, -0.1) is 0 Å². The van der Waals surface area contributed by atoms with Gasteiger partial charge in [0.2, 0.25) is 6.79 Å². The molecular formula is C28H28ClNO5.